The molecule has 154 valence electrons. The number of nitrogens with zero attached hydrogens (tertiary/aromatic N) is 2. The number of anilines is 1. The van der Waals surface area contributed by atoms with Crippen LogP contribution < -0.4 is 10.6 Å². The van der Waals surface area contributed by atoms with Gasteiger partial charge in [0, 0.05) is 43.6 Å². The summed E-state index contributed by atoms with van der Waals surface area (Å²) in [6.07, 6.45) is 2.31. The third-order valence-electron chi connectivity index (χ3n) is 5.05. The number of carbonyl (C=O) groups excluding carboxylic acids is 2. The first kappa shape index (κ1) is 21.0. The fraction of sp³-hybridized carbons (Fsp3) is 0.409. The molecule has 0 atom stereocenters. The van der Waals surface area contributed by atoms with Crippen LogP contribution >= 0.6 is 0 Å². The van der Waals surface area contributed by atoms with E-state index >= 15 is 0 Å². The Morgan fingerprint density at radius 1 is 1.17 bits per heavy atom. The molecular weight excluding hydrogens is 368 g/mol. The van der Waals surface area contributed by atoms with Crippen LogP contribution in [-0.4, -0.2) is 61.1 Å². The van der Waals surface area contributed by atoms with E-state index in [0.717, 1.165) is 56.1 Å². The Labute approximate surface area is 171 Å². The van der Waals surface area contributed by atoms with Gasteiger partial charge >= 0.3 is 0 Å². The fourth-order valence-electron chi connectivity index (χ4n) is 3.33. The van der Waals surface area contributed by atoms with Crippen molar-refractivity contribution in [2.45, 2.75) is 20.3 Å². The van der Waals surface area contributed by atoms with Gasteiger partial charge in [-0.15, -0.1) is 0 Å². The minimum absolute atomic E-state index is 0.208. The summed E-state index contributed by atoms with van der Waals surface area (Å²) in [6, 6.07) is 9.08. The summed E-state index contributed by atoms with van der Waals surface area (Å²) in [5.74, 6) is -0.531. The van der Waals surface area contributed by atoms with Crippen molar-refractivity contribution in [1.29, 1.82) is 0 Å². The molecule has 7 heteroatoms. The summed E-state index contributed by atoms with van der Waals surface area (Å²) in [5, 5.41) is 5.86. The molecule has 2 N–H and O–H groups in total. The molecule has 2 amide bonds. The van der Waals surface area contributed by atoms with E-state index in [0.29, 0.717) is 12.1 Å². The molecule has 1 aromatic carbocycles. The number of aromatic nitrogens is 1. The van der Waals surface area contributed by atoms with Crippen LogP contribution in [0.1, 0.15) is 38.9 Å². The van der Waals surface area contributed by atoms with E-state index in [9.17, 15) is 9.59 Å². The number of hydrogen-bond donors (Lipinski definition) is 2. The highest BCUT2D eigenvalue weighted by Crippen LogP contribution is 2.21. The summed E-state index contributed by atoms with van der Waals surface area (Å²) in [7, 11) is 0. The smallest absolute Gasteiger partial charge is 0.274 e. The van der Waals surface area contributed by atoms with Crippen LogP contribution in [0.3, 0.4) is 0 Å². The van der Waals surface area contributed by atoms with Gasteiger partial charge in [-0.3, -0.25) is 19.5 Å². The first-order valence-corrected chi connectivity index (χ1v) is 10.0. The van der Waals surface area contributed by atoms with Gasteiger partial charge in [-0.05, 0) is 36.6 Å². The maximum absolute atomic E-state index is 12.7. The molecule has 0 spiro atoms. The molecule has 1 aromatic heterocycles. The lowest BCUT2D eigenvalue weighted by Crippen LogP contribution is -2.41. The molecule has 0 unspecified atom stereocenters. The highest BCUT2D eigenvalue weighted by atomic mass is 16.5. The Hall–Kier alpha value is -2.77. The standard InChI is InChI=1S/C22H28N4O3/c1-3-17-6-4-5-16(2)20(17)25-22(28)19-15-18(7-8-23-19)21(27)24-9-10-26-11-13-29-14-12-26/h4-8,15H,3,9-14H2,1-2H3,(H,24,27)(H,25,28). The zero-order valence-electron chi connectivity index (χ0n) is 17.0. The van der Waals surface area contributed by atoms with E-state index in [4.69, 9.17) is 4.74 Å². The number of morpholine rings is 1. The summed E-state index contributed by atoms with van der Waals surface area (Å²) in [5.41, 5.74) is 3.51. The van der Waals surface area contributed by atoms with Crippen molar-refractivity contribution in [1.82, 2.24) is 15.2 Å². The average molecular weight is 396 g/mol. The summed E-state index contributed by atoms with van der Waals surface area (Å²) in [6.45, 7) is 8.56. The lowest BCUT2D eigenvalue weighted by atomic mass is 10.1. The van der Waals surface area contributed by atoms with Crippen molar-refractivity contribution in [3.8, 4) is 0 Å². The highest BCUT2D eigenvalue weighted by Gasteiger charge is 2.15. The molecular formula is C22H28N4O3. The minimum Gasteiger partial charge on any atom is -0.379 e. The van der Waals surface area contributed by atoms with Crippen LogP contribution in [0.4, 0.5) is 5.69 Å². The van der Waals surface area contributed by atoms with Gasteiger partial charge in [0.05, 0.1) is 13.2 Å². The van der Waals surface area contributed by atoms with Crippen LogP contribution in [-0.2, 0) is 11.2 Å². The number of ether oxygens (including phenoxy) is 1. The second-order valence-corrected chi connectivity index (χ2v) is 7.06. The van der Waals surface area contributed by atoms with Crippen molar-refractivity contribution >= 4 is 17.5 Å². The van der Waals surface area contributed by atoms with Crippen molar-refractivity contribution in [3.05, 3.63) is 58.9 Å². The molecule has 1 saturated heterocycles. The zero-order chi connectivity index (χ0) is 20.6. The molecule has 0 aliphatic carbocycles. The number of rotatable bonds is 7. The second kappa shape index (κ2) is 10.1. The number of hydrogen-bond acceptors (Lipinski definition) is 5. The first-order chi connectivity index (χ1) is 14.1. The number of benzene rings is 1. The van der Waals surface area contributed by atoms with Crippen molar-refractivity contribution in [2.24, 2.45) is 0 Å². The quantitative estimate of drug-likeness (QED) is 0.750. The SMILES string of the molecule is CCc1cccc(C)c1NC(=O)c1cc(C(=O)NCCN2CCOCC2)ccn1. The normalized spacial score (nSPS) is 14.4. The molecule has 0 bridgehead atoms. The predicted octanol–water partition coefficient (Wildman–Crippen LogP) is 2.27. The zero-order valence-corrected chi connectivity index (χ0v) is 17.0. The van der Waals surface area contributed by atoms with Gasteiger partial charge < -0.3 is 15.4 Å². The topological polar surface area (TPSA) is 83.6 Å². The number of carbonyl (C=O) groups is 2. The number of nitrogens with one attached hydrogen (secondary N) is 2. The lowest BCUT2D eigenvalue weighted by molar-refractivity contribution is 0.0383. The summed E-state index contributed by atoms with van der Waals surface area (Å²) in [4.78, 5) is 31.6. The van der Waals surface area contributed by atoms with Crippen LogP contribution in [0.2, 0.25) is 0 Å². The Morgan fingerprint density at radius 3 is 2.72 bits per heavy atom. The van der Waals surface area contributed by atoms with E-state index in [1.54, 1.807) is 6.07 Å². The van der Waals surface area contributed by atoms with E-state index in [1.165, 1.54) is 12.3 Å². The van der Waals surface area contributed by atoms with Gasteiger partial charge in [0.25, 0.3) is 11.8 Å². The van der Waals surface area contributed by atoms with Crippen LogP contribution in [0, 0.1) is 6.92 Å². The van der Waals surface area contributed by atoms with Crippen LogP contribution in [0.15, 0.2) is 36.5 Å². The van der Waals surface area contributed by atoms with Crippen LogP contribution in [0.5, 0.6) is 0 Å². The molecule has 3 rings (SSSR count). The summed E-state index contributed by atoms with van der Waals surface area (Å²) < 4.78 is 5.32. The first-order valence-electron chi connectivity index (χ1n) is 10.0. The maximum Gasteiger partial charge on any atom is 0.274 e. The molecule has 1 aliphatic rings. The van der Waals surface area contributed by atoms with Gasteiger partial charge in [0.1, 0.15) is 5.69 Å². The third-order valence-corrected chi connectivity index (χ3v) is 5.05. The predicted molar refractivity (Wildman–Crippen MR) is 112 cm³/mol. The molecule has 0 radical (unpaired) electrons. The average Bonchev–Trinajstić information content (AvgIpc) is 2.75. The van der Waals surface area contributed by atoms with E-state index in [-0.39, 0.29) is 17.5 Å². The Morgan fingerprint density at radius 2 is 1.97 bits per heavy atom. The molecule has 7 nitrogen and oxygen atoms in total. The van der Waals surface area contributed by atoms with Crippen molar-refractivity contribution in [3.63, 3.8) is 0 Å². The molecule has 0 saturated carbocycles. The Kier molecular flexibility index (Phi) is 7.32. The monoisotopic (exact) mass is 396 g/mol. The third kappa shape index (κ3) is 5.62. The van der Waals surface area contributed by atoms with E-state index in [1.807, 2.05) is 32.0 Å². The molecule has 1 fully saturated rings. The van der Waals surface area contributed by atoms with Crippen LogP contribution in [0.25, 0.3) is 0 Å². The molecule has 29 heavy (non-hydrogen) atoms. The Balaban J connectivity index is 1.61. The van der Waals surface area contributed by atoms with Crippen molar-refractivity contribution < 1.29 is 14.3 Å². The minimum atomic E-state index is -0.322. The molecule has 2 heterocycles. The maximum atomic E-state index is 12.7. The number of para-hydroxylation sites is 1. The van der Waals surface area contributed by atoms with Gasteiger partial charge in [0.15, 0.2) is 0 Å². The van der Waals surface area contributed by atoms with Crippen molar-refractivity contribution in [2.75, 3.05) is 44.7 Å². The van der Waals surface area contributed by atoms with Gasteiger partial charge in [-0.25, -0.2) is 0 Å². The van der Waals surface area contributed by atoms with Gasteiger partial charge in [0.2, 0.25) is 0 Å². The van der Waals surface area contributed by atoms with Gasteiger partial charge in [-0.1, -0.05) is 25.1 Å². The van der Waals surface area contributed by atoms with E-state index in [2.05, 4.69) is 20.5 Å². The number of pyridine rings is 1. The summed E-state index contributed by atoms with van der Waals surface area (Å²) >= 11 is 0. The number of aryl methyl sites for hydroxylation is 2. The Bertz CT molecular complexity index is 863. The largest absolute Gasteiger partial charge is 0.379 e. The number of amides is 2. The van der Waals surface area contributed by atoms with E-state index < -0.39 is 0 Å². The van der Waals surface area contributed by atoms with Gasteiger partial charge in [-0.2, -0.15) is 0 Å². The highest BCUT2D eigenvalue weighted by molar-refractivity contribution is 6.05. The fourth-order valence-corrected chi connectivity index (χ4v) is 3.33. The molecule has 2 aromatic rings. The molecule has 1 aliphatic heterocycles. The lowest BCUT2D eigenvalue weighted by Gasteiger charge is -2.26. The second-order valence-electron chi connectivity index (χ2n) is 7.06.